The molecule has 0 fully saturated rings. The number of aliphatic hydroxyl groups is 1. The third kappa shape index (κ3) is 4.36. The van der Waals surface area contributed by atoms with Crippen molar-refractivity contribution in [1.29, 1.82) is 0 Å². The van der Waals surface area contributed by atoms with Crippen molar-refractivity contribution >= 4 is 0 Å². The number of hydrogen-bond donors (Lipinski definition) is 2. The summed E-state index contributed by atoms with van der Waals surface area (Å²) in [6.07, 6.45) is -4.81. The Morgan fingerprint density at radius 1 is 1.18 bits per heavy atom. The van der Waals surface area contributed by atoms with Crippen LogP contribution in [0.15, 0.2) is 30.3 Å². The van der Waals surface area contributed by atoms with E-state index in [0.717, 1.165) is 0 Å². The molecule has 2 nitrogen and oxygen atoms in total. The van der Waals surface area contributed by atoms with Gasteiger partial charge in [-0.2, -0.15) is 13.2 Å². The summed E-state index contributed by atoms with van der Waals surface area (Å²) in [7, 11) is 0. The SMILES string of the molecule is N[C@H](C[C@@H](CCO)C(F)(F)F)c1ccccc1. The van der Waals surface area contributed by atoms with E-state index in [-0.39, 0.29) is 12.8 Å². The van der Waals surface area contributed by atoms with Crippen molar-refractivity contribution < 1.29 is 18.3 Å². The van der Waals surface area contributed by atoms with Gasteiger partial charge >= 0.3 is 6.18 Å². The second kappa shape index (κ2) is 6.02. The van der Waals surface area contributed by atoms with Gasteiger partial charge in [0.25, 0.3) is 0 Å². The smallest absolute Gasteiger partial charge is 0.391 e. The molecular weight excluding hydrogens is 231 g/mol. The Bertz CT molecular complexity index is 326. The first kappa shape index (κ1) is 14.0. The van der Waals surface area contributed by atoms with Crippen molar-refractivity contribution in [2.45, 2.75) is 25.1 Å². The summed E-state index contributed by atoms with van der Waals surface area (Å²) in [5.41, 5.74) is 6.42. The van der Waals surface area contributed by atoms with Crippen LogP contribution in [0.5, 0.6) is 0 Å². The van der Waals surface area contributed by atoms with E-state index in [1.165, 1.54) is 0 Å². The van der Waals surface area contributed by atoms with Crippen LogP contribution < -0.4 is 5.73 Å². The Labute approximate surface area is 98.3 Å². The third-order valence-corrected chi connectivity index (χ3v) is 2.71. The highest BCUT2D eigenvalue weighted by molar-refractivity contribution is 5.18. The van der Waals surface area contributed by atoms with E-state index in [0.29, 0.717) is 5.56 Å². The molecule has 0 unspecified atom stereocenters. The van der Waals surface area contributed by atoms with Crippen LogP contribution in [0.1, 0.15) is 24.4 Å². The molecule has 0 aliphatic rings. The maximum absolute atomic E-state index is 12.6. The average Bonchev–Trinajstić information content (AvgIpc) is 2.28. The fourth-order valence-electron chi connectivity index (χ4n) is 1.71. The van der Waals surface area contributed by atoms with Gasteiger partial charge in [-0.25, -0.2) is 0 Å². The van der Waals surface area contributed by atoms with Crippen LogP contribution in [0.25, 0.3) is 0 Å². The molecule has 0 amide bonds. The number of benzene rings is 1. The van der Waals surface area contributed by atoms with Crippen LogP contribution >= 0.6 is 0 Å². The monoisotopic (exact) mass is 247 g/mol. The molecule has 96 valence electrons. The fourth-order valence-corrected chi connectivity index (χ4v) is 1.71. The average molecular weight is 247 g/mol. The van der Waals surface area contributed by atoms with Gasteiger partial charge in [0.2, 0.25) is 0 Å². The largest absolute Gasteiger partial charge is 0.396 e. The lowest BCUT2D eigenvalue weighted by Crippen LogP contribution is -2.28. The molecule has 0 aliphatic carbocycles. The van der Waals surface area contributed by atoms with Gasteiger partial charge in [-0.15, -0.1) is 0 Å². The fraction of sp³-hybridized carbons (Fsp3) is 0.500. The van der Waals surface area contributed by atoms with Crippen molar-refractivity contribution in [3.05, 3.63) is 35.9 Å². The van der Waals surface area contributed by atoms with E-state index in [2.05, 4.69) is 0 Å². The summed E-state index contributed by atoms with van der Waals surface area (Å²) in [6, 6.07) is 8.02. The lowest BCUT2D eigenvalue weighted by molar-refractivity contribution is -0.181. The van der Waals surface area contributed by atoms with Crippen molar-refractivity contribution in [3.63, 3.8) is 0 Å². The Kier molecular flexibility index (Phi) is 4.96. The Hall–Kier alpha value is -1.07. The number of aliphatic hydroxyl groups excluding tert-OH is 1. The quantitative estimate of drug-likeness (QED) is 0.840. The zero-order valence-corrected chi connectivity index (χ0v) is 9.32. The maximum atomic E-state index is 12.6. The van der Waals surface area contributed by atoms with Gasteiger partial charge in [0.1, 0.15) is 0 Å². The molecular formula is C12H16F3NO. The van der Waals surface area contributed by atoms with Crippen molar-refractivity contribution in [2.75, 3.05) is 6.61 Å². The zero-order chi connectivity index (χ0) is 12.9. The lowest BCUT2D eigenvalue weighted by atomic mass is 9.93. The first-order valence-corrected chi connectivity index (χ1v) is 5.43. The summed E-state index contributed by atoms with van der Waals surface area (Å²) >= 11 is 0. The molecule has 1 aromatic carbocycles. The Morgan fingerprint density at radius 2 is 1.76 bits per heavy atom. The molecule has 1 aromatic rings. The van der Waals surface area contributed by atoms with Gasteiger partial charge in [-0.3, -0.25) is 0 Å². The predicted molar refractivity (Wildman–Crippen MR) is 59.2 cm³/mol. The summed E-state index contributed by atoms with van der Waals surface area (Å²) < 4.78 is 37.8. The number of halogens is 3. The second-order valence-electron chi connectivity index (χ2n) is 4.00. The summed E-state index contributed by atoms with van der Waals surface area (Å²) in [4.78, 5) is 0. The molecule has 17 heavy (non-hydrogen) atoms. The maximum Gasteiger partial charge on any atom is 0.391 e. The van der Waals surface area contributed by atoms with E-state index in [4.69, 9.17) is 10.8 Å². The van der Waals surface area contributed by atoms with Crippen molar-refractivity contribution in [2.24, 2.45) is 11.7 Å². The highest BCUT2D eigenvalue weighted by atomic mass is 19.4. The molecule has 2 atom stereocenters. The molecule has 0 saturated heterocycles. The minimum atomic E-state index is -4.31. The topological polar surface area (TPSA) is 46.2 Å². The van der Waals surface area contributed by atoms with Crippen LogP contribution in [0.3, 0.4) is 0 Å². The minimum absolute atomic E-state index is 0.200. The van der Waals surface area contributed by atoms with E-state index < -0.39 is 24.7 Å². The molecule has 0 bridgehead atoms. The Morgan fingerprint density at radius 3 is 2.24 bits per heavy atom. The van der Waals surface area contributed by atoms with Gasteiger partial charge in [0.05, 0.1) is 5.92 Å². The molecule has 5 heteroatoms. The number of rotatable bonds is 5. The molecule has 0 spiro atoms. The summed E-state index contributed by atoms with van der Waals surface area (Å²) in [5, 5.41) is 8.64. The Balaban J connectivity index is 2.68. The van der Waals surface area contributed by atoms with Gasteiger partial charge in [-0.1, -0.05) is 30.3 Å². The third-order valence-electron chi connectivity index (χ3n) is 2.71. The van der Waals surface area contributed by atoms with Gasteiger partial charge in [-0.05, 0) is 18.4 Å². The molecule has 3 N–H and O–H groups in total. The van der Waals surface area contributed by atoms with E-state index in [9.17, 15) is 13.2 Å². The molecule has 0 aromatic heterocycles. The molecule has 0 heterocycles. The van der Waals surface area contributed by atoms with E-state index >= 15 is 0 Å². The van der Waals surface area contributed by atoms with E-state index in [1.807, 2.05) is 0 Å². The van der Waals surface area contributed by atoms with Crippen LogP contribution in [0.2, 0.25) is 0 Å². The molecule has 0 aliphatic heterocycles. The first-order chi connectivity index (χ1) is 7.95. The van der Waals surface area contributed by atoms with Gasteiger partial charge in [0, 0.05) is 12.6 Å². The van der Waals surface area contributed by atoms with Crippen LogP contribution in [-0.4, -0.2) is 17.9 Å². The van der Waals surface area contributed by atoms with Crippen LogP contribution in [0, 0.1) is 5.92 Å². The predicted octanol–water partition coefficient (Wildman–Crippen LogP) is 2.64. The number of alkyl halides is 3. The van der Waals surface area contributed by atoms with E-state index in [1.54, 1.807) is 30.3 Å². The highest BCUT2D eigenvalue weighted by Gasteiger charge is 2.39. The zero-order valence-electron chi connectivity index (χ0n) is 9.32. The summed E-state index contributed by atoms with van der Waals surface area (Å²) in [5.74, 6) is -1.55. The van der Waals surface area contributed by atoms with Gasteiger partial charge in [0.15, 0.2) is 0 Å². The second-order valence-corrected chi connectivity index (χ2v) is 4.00. The minimum Gasteiger partial charge on any atom is -0.396 e. The number of nitrogens with two attached hydrogens (primary N) is 1. The first-order valence-electron chi connectivity index (χ1n) is 5.43. The highest BCUT2D eigenvalue weighted by Crippen LogP contribution is 2.34. The molecule has 0 saturated carbocycles. The standard InChI is InChI=1S/C12H16F3NO/c13-12(14,15)10(6-7-17)8-11(16)9-4-2-1-3-5-9/h1-5,10-11,17H,6-8,16H2/t10-,11-/m1/s1. The van der Waals surface area contributed by atoms with Crippen LogP contribution in [-0.2, 0) is 0 Å². The lowest BCUT2D eigenvalue weighted by Gasteiger charge is -2.23. The molecule has 0 radical (unpaired) electrons. The normalized spacial score (nSPS) is 15.6. The van der Waals surface area contributed by atoms with Gasteiger partial charge < -0.3 is 10.8 Å². The molecule has 1 rings (SSSR count). The van der Waals surface area contributed by atoms with Crippen molar-refractivity contribution in [1.82, 2.24) is 0 Å². The summed E-state index contributed by atoms with van der Waals surface area (Å²) in [6.45, 7) is -0.480. The van der Waals surface area contributed by atoms with Crippen molar-refractivity contribution in [3.8, 4) is 0 Å². The van der Waals surface area contributed by atoms with Crippen LogP contribution in [0.4, 0.5) is 13.2 Å². The number of hydrogen-bond acceptors (Lipinski definition) is 2.